The van der Waals surface area contributed by atoms with Crippen LogP contribution < -0.4 is 0 Å². The van der Waals surface area contributed by atoms with Crippen LogP contribution in [-0.2, 0) is 0 Å². The van der Waals surface area contributed by atoms with Crippen LogP contribution in [-0.4, -0.2) is 9.13 Å². The zero-order valence-corrected chi connectivity index (χ0v) is 35.8. The molecule has 0 atom stereocenters. The van der Waals surface area contributed by atoms with Crippen LogP contribution in [0.15, 0.2) is 231 Å². The minimum Gasteiger partial charge on any atom is -0.309 e. The van der Waals surface area contributed by atoms with Crippen molar-refractivity contribution in [3.8, 4) is 55.9 Å². The van der Waals surface area contributed by atoms with Gasteiger partial charge in [0.25, 0.3) is 0 Å². The highest BCUT2D eigenvalue weighted by molar-refractivity contribution is 6.18. The minimum atomic E-state index is 1.16. The van der Waals surface area contributed by atoms with Gasteiger partial charge in [0.05, 0.1) is 22.1 Å². The third-order valence-electron chi connectivity index (χ3n) is 14.5. The summed E-state index contributed by atoms with van der Waals surface area (Å²) in [4.78, 5) is 0. The third kappa shape index (κ3) is 5.12. The van der Waals surface area contributed by atoms with Crippen molar-refractivity contribution in [1.29, 1.82) is 0 Å². The van der Waals surface area contributed by atoms with Gasteiger partial charge in [-0.15, -0.1) is 0 Å². The Balaban J connectivity index is 0.881. The molecule has 2 heterocycles. The second kappa shape index (κ2) is 13.4. The third-order valence-corrected chi connectivity index (χ3v) is 14.5. The summed E-state index contributed by atoms with van der Waals surface area (Å²) < 4.78 is 4.88. The molecule has 0 saturated carbocycles. The van der Waals surface area contributed by atoms with Crippen molar-refractivity contribution >= 4 is 86.7 Å². The molecule has 0 amide bonds. The molecule has 2 nitrogen and oxygen atoms in total. The quantitative estimate of drug-likeness (QED) is 0.167. The lowest BCUT2D eigenvalue weighted by Crippen LogP contribution is -1.94. The number of benzene rings is 12. The van der Waals surface area contributed by atoms with Crippen LogP contribution in [0.1, 0.15) is 0 Å². The number of rotatable bonds is 4. The molecule has 0 bridgehead atoms. The molecule has 12 aromatic carbocycles. The van der Waals surface area contributed by atoms with Crippen molar-refractivity contribution in [2.45, 2.75) is 0 Å². The molecule has 1 aliphatic carbocycles. The van der Waals surface area contributed by atoms with Crippen LogP contribution in [0, 0.1) is 0 Å². The summed E-state index contributed by atoms with van der Waals surface area (Å²) >= 11 is 0. The molecule has 0 saturated heterocycles. The van der Waals surface area contributed by atoms with Crippen LogP contribution in [0.5, 0.6) is 0 Å². The summed E-state index contributed by atoms with van der Waals surface area (Å²) in [6.45, 7) is 0. The first-order valence-electron chi connectivity index (χ1n) is 22.9. The Morgan fingerprint density at radius 2 is 0.667 bits per heavy atom. The van der Waals surface area contributed by atoms with E-state index in [1.165, 1.54) is 137 Å². The lowest BCUT2D eigenvalue weighted by atomic mass is 9.95. The standard InChI is InChI=1S/C64H38N2/c1-2-16-50(17-3-1)65-60-27-24-46(34-55(60)57-32-39-11-4-6-13-41(39)37-62(57)65)47-25-28-61-56(35-47)58-33-40-12-5-7-14-42(40)38-63(58)66(61)51-26-23-43-29-44(21-22-45(43)31-51)49-30-48-15-10-20-54-52-18-8-9-19-53(52)59(36-49)64(48)54/h1-38H. The van der Waals surface area contributed by atoms with E-state index in [2.05, 4.69) is 240 Å². The molecule has 0 spiro atoms. The molecule has 0 unspecified atom stereocenters. The van der Waals surface area contributed by atoms with Gasteiger partial charge >= 0.3 is 0 Å². The van der Waals surface area contributed by atoms with Gasteiger partial charge in [-0.25, -0.2) is 0 Å². The Hall–Kier alpha value is -8.72. The fourth-order valence-corrected chi connectivity index (χ4v) is 11.4. The second-order valence-corrected chi connectivity index (χ2v) is 18.1. The van der Waals surface area contributed by atoms with E-state index < -0.39 is 0 Å². The summed E-state index contributed by atoms with van der Waals surface area (Å²) in [7, 11) is 0. The lowest BCUT2D eigenvalue weighted by Gasteiger charge is -2.12. The largest absolute Gasteiger partial charge is 0.309 e. The molecule has 0 aliphatic heterocycles. The fraction of sp³-hybridized carbons (Fsp3) is 0. The molecule has 0 N–H and O–H groups in total. The van der Waals surface area contributed by atoms with E-state index in [1.54, 1.807) is 0 Å². The predicted octanol–water partition coefficient (Wildman–Crippen LogP) is 17.5. The van der Waals surface area contributed by atoms with Gasteiger partial charge in [0, 0.05) is 32.9 Å². The van der Waals surface area contributed by atoms with Crippen LogP contribution in [0.2, 0.25) is 0 Å². The fourth-order valence-electron chi connectivity index (χ4n) is 11.4. The zero-order chi connectivity index (χ0) is 43.0. The van der Waals surface area contributed by atoms with Crippen molar-refractivity contribution in [1.82, 2.24) is 9.13 Å². The van der Waals surface area contributed by atoms with Gasteiger partial charge in [0.15, 0.2) is 0 Å². The number of fused-ring (bicyclic) bond motifs is 12. The Labute approximate surface area is 380 Å². The molecule has 15 rings (SSSR count). The van der Waals surface area contributed by atoms with Crippen molar-refractivity contribution in [2.75, 3.05) is 0 Å². The maximum Gasteiger partial charge on any atom is 0.0547 e. The van der Waals surface area contributed by atoms with E-state index in [-0.39, 0.29) is 0 Å². The van der Waals surface area contributed by atoms with Gasteiger partial charge in [-0.05, 0) is 179 Å². The molecule has 2 heteroatoms. The van der Waals surface area contributed by atoms with E-state index >= 15 is 0 Å². The summed E-state index contributed by atoms with van der Waals surface area (Å²) in [5.41, 5.74) is 17.4. The van der Waals surface area contributed by atoms with Gasteiger partial charge < -0.3 is 9.13 Å². The first kappa shape index (κ1) is 35.7. The summed E-state index contributed by atoms with van der Waals surface area (Å²) in [5.74, 6) is 0. The Morgan fingerprint density at radius 3 is 1.33 bits per heavy atom. The maximum absolute atomic E-state index is 2.47. The molecule has 304 valence electrons. The van der Waals surface area contributed by atoms with Gasteiger partial charge in [-0.1, -0.05) is 140 Å². The monoisotopic (exact) mass is 834 g/mol. The van der Waals surface area contributed by atoms with Crippen molar-refractivity contribution in [3.63, 3.8) is 0 Å². The average Bonchev–Trinajstić information content (AvgIpc) is 3.99. The van der Waals surface area contributed by atoms with Gasteiger partial charge in [-0.2, -0.15) is 0 Å². The normalized spacial score (nSPS) is 12.2. The average molecular weight is 835 g/mol. The Bertz CT molecular complexity index is 4390. The van der Waals surface area contributed by atoms with Gasteiger partial charge in [0.1, 0.15) is 0 Å². The van der Waals surface area contributed by atoms with Crippen LogP contribution in [0.4, 0.5) is 0 Å². The van der Waals surface area contributed by atoms with Crippen molar-refractivity contribution < 1.29 is 0 Å². The van der Waals surface area contributed by atoms with E-state index in [4.69, 9.17) is 0 Å². The molecular formula is C64H38N2. The zero-order valence-electron chi connectivity index (χ0n) is 35.8. The van der Waals surface area contributed by atoms with Crippen LogP contribution in [0.3, 0.4) is 0 Å². The van der Waals surface area contributed by atoms with E-state index in [0.717, 1.165) is 5.69 Å². The number of hydrogen-bond acceptors (Lipinski definition) is 0. The van der Waals surface area contributed by atoms with E-state index in [1.807, 2.05) is 0 Å². The first-order chi connectivity index (χ1) is 32.7. The van der Waals surface area contributed by atoms with E-state index in [0.29, 0.717) is 0 Å². The van der Waals surface area contributed by atoms with Gasteiger partial charge in [-0.3, -0.25) is 0 Å². The Kier molecular flexibility index (Phi) is 7.25. The van der Waals surface area contributed by atoms with E-state index in [9.17, 15) is 0 Å². The highest BCUT2D eigenvalue weighted by Gasteiger charge is 2.22. The summed E-state index contributed by atoms with van der Waals surface area (Å²) in [6, 6.07) is 86.0. The molecule has 66 heavy (non-hydrogen) atoms. The molecule has 0 radical (unpaired) electrons. The lowest BCUT2D eigenvalue weighted by molar-refractivity contribution is 1.18. The predicted molar refractivity (Wildman–Crippen MR) is 280 cm³/mol. The number of nitrogens with zero attached hydrogens (tertiary/aromatic N) is 2. The molecular weight excluding hydrogens is 797 g/mol. The first-order valence-corrected chi connectivity index (χ1v) is 22.9. The number of hydrogen-bond donors (Lipinski definition) is 0. The maximum atomic E-state index is 2.47. The second-order valence-electron chi connectivity index (χ2n) is 18.1. The molecule has 2 aromatic heterocycles. The van der Waals surface area contributed by atoms with Crippen LogP contribution in [0.25, 0.3) is 143 Å². The smallest absolute Gasteiger partial charge is 0.0547 e. The topological polar surface area (TPSA) is 9.86 Å². The minimum absolute atomic E-state index is 1.16. The number of para-hydroxylation sites is 1. The van der Waals surface area contributed by atoms with Crippen molar-refractivity contribution in [2.24, 2.45) is 0 Å². The highest BCUT2D eigenvalue weighted by Crippen LogP contribution is 2.49. The molecule has 1 aliphatic rings. The SMILES string of the molecule is c1ccc(-n2c3ccc(-c4ccc5c(c4)c4cc6ccccc6cc4n5-c4ccc5cc(-c6cc7c8c(cccc8c6)-c6ccccc6-7)ccc5c4)cc3c3cc4ccccc4cc32)cc1. The highest BCUT2D eigenvalue weighted by atomic mass is 15.0. The number of aromatic nitrogens is 2. The molecule has 0 fully saturated rings. The summed E-state index contributed by atoms with van der Waals surface area (Å²) in [6.07, 6.45) is 0. The van der Waals surface area contributed by atoms with Crippen LogP contribution >= 0.6 is 0 Å². The summed E-state index contributed by atoms with van der Waals surface area (Å²) in [5, 5.41) is 15.1. The molecule has 14 aromatic rings. The Morgan fingerprint density at radius 1 is 0.212 bits per heavy atom. The van der Waals surface area contributed by atoms with Gasteiger partial charge in [0.2, 0.25) is 0 Å². The van der Waals surface area contributed by atoms with Crippen molar-refractivity contribution in [3.05, 3.63) is 231 Å².